The summed E-state index contributed by atoms with van der Waals surface area (Å²) in [6.07, 6.45) is 0. The highest BCUT2D eigenvalue weighted by atomic mass is 79.9. The maximum absolute atomic E-state index is 8.83. The van der Waals surface area contributed by atoms with Crippen LogP contribution in [0.3, 0.4) is 0 Å². The molecule has 2 nitrogen and oxygen atoms in total. The molecule has 0 aliphatic heterocycles. The van der Waals surface area contributed by atoms with E-state index in [-0.39, 0.29) is 0 Å². The molecular weight excluding hydrogens is 344 g/mol. The van der Waals surface area contributed by atoms with Crippen molar-refractivity contribution in [1.82, 2.24) is 4.98 Å². The van der Waals surface area contributed by atoms with Crippen LogP contribution >= 0.6 is 27.3 Å². The lowest BCUT2D eigenvalue weighted by atomic mass is 10.1. The van der Waals surface area contributed by atoms with Gasteiger partial charge in [0.1, 0.15) is 5.01 Å². The molecule has 102 valence electrons. The Morgan fingerprint density at radius 2 is 1.81 bits per heavy atom. The van der Waals surface area contributed by atoms with E-state index in [1.807, 2.05) is 29.6 Å². The molecule has 0 spiro atoms. The van der Waals surface area contributed by atoms with Crippen LogP contribution in [0, 0.1) is 18.3 Å². The van der Waals surface area contributed by atoms with E-state index in [4.69, 9.17) is 10.2 Å². The summed E-state index contributed by atoms with van der Waals surface area (Å²) >= 11 is 5.18. The van der Waals surface area contributed by atoms with Gasteiger partial charge in [-0.25, -0.2) is 4.98 Å². The molecule has 0 aliphatic rings. The number of aromatic nitrogens is 1. The van der Waals surface area contributed by atoms with Gasteiger partial charge in [0.25, 0.3) is 0 Å². The van der Waals surface area contributed by atoms with Crippen molar-refractivity contribution < 1.29 is 0 Å². The van der Waals surface area contributed by atoms with Crippen LogP contribution in [0.2, 0.25) is 0 Å². The van der Waals surface area contributed by atoms with Gasteiger partial charge in [0.2, 0.25) is 0 Å². The monoisotopic (exact) mass is 354 g/mol. The lowest BCUT2D eigenvalue weighted by Gasteiger charge is -2.01. The molecule has 1 heterocycles. The molecule has 0 unspecified atom stereocenters. The van der Waals surface area contributed by atoms with E-state index in [0.717, 1.165) is 26.3 Å². The van der Waals surface area contributed by atoms with Crippen molar-refractivity contribution in [2.45, 2.75) is 6.92 Å². The number of rotatable bonds is 2. The number of aryl methyl sites for hydroxylation is 1. The van der Waals surface area contributed by atoms with Gasteiger partial charge in [0.15, 0.2) is 0 Å². The van der Waals surface area contributed by atoms with Gasteiger partial charge in [-0.2, -0.15) is 5.26 Å². The minimum Gasteiger partial charge on any atom is -0.236 e. The van der Waals surface area contributed by atoms with E-state index in [1.165, 1.54) is 5.56 Å². The van der Waals surface area contributed by atoms with Crippen LogP contribution in [0.25, 0.3) is 21.8 Å². The maximum atomic E-state index is 8.83. The normalized spacial score (nSPS) is 10.3. The van der Waals surface area contributed by atoms with Crippen molar-refractivity contribution in [2.75, 3.05) is 0 Å². The fraction of sp³-hybridized carbons (Fsp3) is 0.0588. The fourth-order valence-electron chi connectivity index (χ4n) is 1.98. The van der Waals surface area contributed by atoms with Crippen LogP contribution < -0.4 is 0 Å². The molecule has 21 heavy (non-hydrogen) atoms. The van der Waals surface area contributed by atoms with Gasteiger partial charge in [-0.1, -0.05) is 40.2 Å². The van der Waals surface area contributed by atoms with Gasteiger partial charge < -0.3 is 0 Å². The van der Waals surface area contributed by atoms with E-state index in [9.17, 15) is 0 Å². The summed E-state index contributed by atoms with van der Waals surface area (Å²) in [5.41, 5.74) is 4.95. The van der Waals surface area contributed by atoms with Gasteiger partial charge in [-0.05, 0) is 30.7 Å². The van der Waals surface area contributed by atoms with Crippen molar-refractivity contribution in [3.63, 3.8) is 0 Å². The zero-order valence-corrected chi connectivity index (χ0v) is 13.7. The molecule has 0 atom stereocenters. The first-order valence-corrected chi connectivity index (χ1v) is 8.07. The van der Waals surface area contributed by atoms with E-state index in [1.54, 1.807) is 11.3 Å². The Morgan fingerprint density at radius 1 is 1.10 bits per heavy atom. The summed E-state index contributed by atoms with van der Waals surface area (Å²) in [7, 11) is 0. The standard InChI is InChI=1S/C17H11BrN2S/c1-11-2-5-14(8-15(11)18)17-20-16(10-21-17)13-6-3-12(9-19)4-7-13/h2-8,10H,1H3. The second-order valence-electron chi connectivity index (χ2n) is 4.69. The van der Waals surface area contributed by atoms with Crippen molar-refractivity contribution >= 4 is 27.3 Å². The Labute approximate surface area is 135 Å². The van der Waals surface area contributed by atoms with Gasteiger partial charge in [-0.3, -0.25) is 0 Å². The Bertz CT molecular complexity index is 829. The van der Waals surface area contributed by atoms with Crippen LogP contribution in [0.5, 0.6) is 0 Å². The van der Waals surface area contributed by atoms with Crippen molar-refractivity contribution in [1.29, 1.82) is 5.26 Å². The third-order valence-electron chi connectivity index (χ3n) is 3.23. The molecular formula is C17H11BrN2S. The van der Waals surface area contributed by atoms with Crippen LogP contribution in [-0.2, 0) is 0 Å². The number of hydrogen-bond acceptors (Lipinski definition) is 3. The third-order valence-corrected chi connectivity index (χ3v) is 4.98. The smallest absolute Gasteiger partial charge is 0.124 e. The minimum absolute atomic E-state index is 0.664. The molecule has 0 amide bonds. The van der Waals surface area contributed by atoms with Gasteiger partial charge in [0, 0.05) is 21.0 Å². The molecule has 4 heteroatoms. The topological polar surface area (TPSA) is 36.7 Å². The summed E-state index contributed by atoms with van der Waals surface area (Å²) in [5, 5.41) is 11.9. The molecule has 0 fully saturated rings. The molecule has 0 N–H and O–H groups in total. The first kappa shape index (κ1) is 14.0. The average molecular weight is 355 g/mol. The van der Waals surface area contributed by atoms with E-state index in [0.29, 0.717) is 5.56 Å². The first-order valence-electron chi connectivity index (χ1n) is 6.40. The molecule has 0 bridgehead atoms. The molecule has 0 radical (unpaired) electrons. The third kappa shape index (κ3) is 2.90. The average Bonchev–Trinajstić information content (AvgIpc) is 3.00. The highest BCUT2D eigenvalue weighted by Crippen LogP contribution is 2.31. The quantitative estimate of drug-likeness (QED) is 0.615. The molecule has 2 aromatic carbocycles. The van der Waals surface area contributed by atoms with Crippen LogP contribution in [0.4, 0.5) is 0 Å². The summed E-state index contributed by atoms with van der Waals surface area (Å²) in [6.45, 7) is 2.07. The van der Waals surface area contributed by atoms with Crippen LogP contribution in [0.1, 0.15) is 11.1 Å². The summed E-state index contributed by atoms with van der Waals surface area (Å²) in [6, 6.07) is 15.9. The number of benzene rings is 2. The Kier molecular flexibility index (Phi) is 3.87. The molecule has 0 aliphatic carbocycles. The Hall–Kier alpha value is -1.96. The lowest BCUT2D eigenvalue weighted by molar-refractivity contribution is 1.38. The maximum Gasteiger partial charge on any atom is 0.124 e. The van der Waals surface area contributed by atoms with Gasteiger partial charge in [0.05, 0.1) is 17.3 Å². The molecule has 3 rings (SSSR count). The highest BCUT2D eigenvalue weighted by Gasteiger charge is 2.08. The number of nitrogens with zero attached hydrogens (tertiary/aromatic N) is 2. The van der Waals surface area contributed by atoms with Crippen LogP contribution in [-0.4, -0.2) is 4.98 Å². The van der Waals surface area contributed by atoms with Crippen molar-refractivity contribution in [3.8, 4) is 27.9 Å². The number of hydrogen-bond donors (Lipinski definition) is 0. The van der Waals surface area contributed by atoms with E-state index >= 15 is 0 Å². The predicted octanol–water partition coefficient (Wildman–Crippen LogP) is 5.42. The van der Waals surface area contributed by atoms with Crippen molar-refractivity contribution in [3.05, 3.63) is 63.4 Å². The molecule has 3 aromatic rings. The number of nitriles is 1. The zero-order valence-electron chi connectivity index (χ0n) is 11.3. The SMILES string of the molecule is Cc1ccc(-c2nc(-c3ccc(C#N)cc3)cs2)cc1Br. The van der Waals surface area contributed by atoms with E-state index in [2.05, 4.69) is 47.1 Å². The lowest BCUT2D eigenvalue weighted by Crippen LogP contribution is -1.82. The van der Waals surface area contributed by atoms with E-state index < -0.39 is 0 Å². The largest absolute Gasteiger partial charge is 0.236 e. The van der Waals surface area contributed by atoms with Crippen LogP contribution in [0.15, 0.2) is 52.3 Å². The summed E-state index contributed by atoms with van der Waals surface area (Å²) in [5.74, 6) is 0. The molecule has 0 saturated carbocycles. The highest BCUT2D eigenvalue weighted by molar-refractivity contribution is 9.10. The summed E-state index contributed by atoms with van der Waals surface area (Å²) in [4.78, 5) is 4.69. The van der Waals surface area contributed by atoms with Gasteiger partial charge in [-0.15, -0.1) is 11.3 Å². The fourth-order valence-corrected chi connectivity index (χ4v) is 3.19. The number of thiazole rings is 1. The predicted molar refractivity (Wildman–Crippen MR) is 90.1 cm³/mol. The van der Waals surface area contributed by atoms with Crippen molar-refractivity contribution in [2.24, 2.45) is 0 Å². The second-order valence-corrected chi connectivity index (χ2v) is 6.40. The van der Waals surface area contributed by atoms with Gasteiger partial charge >= 0.3 is 0 Å². The first-order chi connectivity index (χ1) is 10.2. The number of halogens is 1. The summed E-state index contributed by atoms with van der Waals surface area (Å²) < 4.78 is 1.09. The second kappa shape index (κ2) is 5.80. The Morgan fingerprint density at radius 3 is 2.48 bits per heavy atom. The molecule has 0 saturated heterocycles. The Balaban J connectivity index is 1.95. The zero-order chi connectivity index (χ0) is 14.8. The molecule has 1 aromatic heterocycles. The minimum atomic E-state index is 0.664.